The maximum Gasteiger partial charge on any atom is 0.245 e. The van der Waals surface area contributed by atoms with Crippen molar-refractivity contribution in [3.8, 4) is 17.6 Å². The minimum atomic E-state index is -3.51. The molecule has 9 nitrogen and oxygen atoms in total. The highest BCUT2D eigenvalue weighted by atomic mass is 32.2. The van der Waals surface area contributed by atoms with Gasteiger partial charge in [-0.1, -0.05) is 6.42 Å². The molecule has 2 fully saturated rings. The molecule has 0 radical (unpaired) electrons. The molecule has 0 atom stereocenters. The molecule has 192 valence electrons. The fourth-order valence-electron chi connectivity index (χ4n) is 4.88. The summed E-state index contributed by atoms with van der Waals surface area (Å²) in [6, 6.07) is 7.75. The first kappa shape index (κ1) is 25.1. The van der Waals surface area contributed by atoms with Crippen LogP contribution in [0.15, 0.2) is 40.4 Å². The van der Waals surface area contributed by atoms with Gasteiger partial charge in [0.2, 0.25) is 10.0 Å². The normalized spacial score (nSPS) is 19.1. The second-order valence-electron chi connectivity index (χ2n) is 9.06. The monoisotopic (exact) mass is 529 g/mol. The predicted octanol–water partition coefficient (Wildman–Crippen LogP) is 2.81. The molecule has 3 aliphatic rings. The molecule has 4 heterocycles. The van der Waals surface area contributed by atoms with Gasteiger partial charge in [-0.15, -0.1) is 11.8 Å². The number of nitriles is 1. The van der Waals surface area contributed by atoms with Gasteiger partial charge in [-0.3, -0.25) is 9.88 Å². The first-order chi connectivity index (χ1) is 17.6. The number of hydrogen-bond donors (Lipinski definition) is 0. The molecule has 0 spiro atoms. The maximum absolute atomic E-state index is 13.2. The van der Waals surface area contributed by atoms with Crippen molar-refractivity contribution < 1.29 is 17.9 Å². The lowest BCUT2D eigenvalue weighted by Crippen LogP contribution is -2.47. The quantitative estimate of drug-likeness (QED) is 0.501. The van der Waals surface area contributed by atoms with E-state index in [-0.39, 0.29) is 0 Å². The third-order valence-electron chi connectivity index (χ3n) is 6.85. The molecule has 0 aliphatic carbocycles. The number of hydrogen-bond acceptors (Lipinski definition) is 9. The number of ether oxygens (including phenoxy) is 2. The molecule has 3 aliphatic heterocycles. The fourth-order valence-corrected chi connectivity index (χ4v) is 7.83. The SMILES string of the molecule is N#Cc1ccc(N2CCN(CCSc3ccncc3S(=O)(=O)N3CCCCC3)CC2)c2c1OCCO2. The summed E-state index contributed by atoms with van der Waals surface area (Å²) >= 11 is 1.58. The summed E-state index contributed by atoms with van der Waals surface area (Å²) in [5.74, 6) is 2.02. The van der Waals surface area contributed by atoms with E-state index in [2.05, 4.69) is 20.9 Å². The van der Waals surface area contributed by atoms with Crippen molar-refractivity contribution in [2.45, 2.75) is 29.1 Å². The summed E-state index contributed by atoms with van der Waals surface area (Å²) < 4.78 is 39.6. The molecule has 5 rings (SSSR count). The molecule has 0 amide bonds. The van der Waals surface area contributed by atoms with Crippen LogP contribution in [0.25, 0.3) is 0 Å². The Morgan fingerprint density at radius 2 is 1.72 bits per heavy atom. The number of rotatable bonds is 7. The number of fused-ring (bicyclic) bond motifs is 1. The lowest BCUT2D eigenvalue weighted by Gasteiger charge is -2.37. The summed E-state index contributed by atoms with van der Waals surface area (Å²) in [5.41, 5.74) is 1.48. The number of aromatic nitrogens is 1. The van der Waals surface area contributed by atoms with Crippen molar-refractivity contribution in [2.24, 2.45) is 0 Å². The molecule has 36 heavy (non-hydrogen) atoms. The van der Waals surface area contributed by atoms with E-state index in [0.717, 1.165) is 68.3 Å². The van der Waals surface area contributed by atoms with Gasteiger partial charge in [0.25, 0.3) is 0 Å². The Morgan fingerprint density at radius 1 is 0.972 bits per heavy atom. The van der Waals surface area contributed by atoms with E-state index in [9.17, 15) is 13.7 Å². The van der Waals surface area contributed by atoms with Gasteiger partial charge in [0, 0.05) is 68.9 Å². The van der Waals surface area contributed by atoms with Crippen molar-refractivity contribution in [3.05, 3.63) is 36.2 Å². The third kappa shape index (κ3) is 5.27. The van der Waals surface area contributed by atoms with Gasteiger partial charge in [0.15, 0.2) is 11.5 Å². The van der Waals surface area contributed by atoms with Gasteiger partial charge in [-0.25, -0.2) is 8.42 Å². The number of piperazine rings is 1. The van der Waals surface area contributed by atoms with Crippen LogP contribution in [0.1, 0.15) is 24.8 Å². The minimum Gasteiger partial charge on any atom is -0.485 e. The van der Waals surface area contributed by atoms with Crippen LogP contribution in [0.2, 0.25) is 0 Å². The number of benzene rings is 1. The predicted molar refractivity (Wildman–Crippen MR) is 138 cm³/mol. The molecule has 0 bridgehead atoms. The van der Waals surface area contributed by atoms with E-state index < -0.39 is 10.0 Å². The molecule has 2 saturated heterocycles. The van der Waals surface area contributed by atoms with E-state index in [1.807, 2.05) is 12.1 Å². The average Bonchev–Trinajstić information content (AvgIpc) is 2.93. The van der Waals surface area contributed by atoms with Crippen LogP contribution in [0.3, 0.4) is 0 Å². The van der Waals surface area contributed by atoms with Crippen LogP contribution in [-0.4, -0.2) is 87.4 Å². The molecule has 0 saturated carbocycles. The number of piperidine rings is 1. The Labute approximate surface area is 217 Å². The standard InChI is InChI=1S/C25H31N5O4S2/c26-18-20-4-5-21(25-24(20)33-15-16-34-25)29-12-10-28(11-13-29)14-17-35-22-6-7-27-19-23(22)36(31,32)30-8-2-1-3-9-30/h4-7,19H,1-3,8-17H2. The first-order valence-electron chi connectivity index (χ1n) is 12.4. The van der Waals surface area contributed by atoms with Gasteiger partial charge >= 0.3 is 0 Å². The van der Waals surface area contributed by atoms with Crippen molar-refractivity contribution in [1.82, 2.24) is 14.2 Å². The van der Waals surface area contributed by atoms with E-state index in [1.165, 1.54) is 6.20 Å². The number of thioether (sulfide) groups is 1. The lowest BCUT2D eigenvalue weighted by molar-refractivity contribution is 0.171. The van der Waals surface area contributed by atoms with Crippen molar-refractivity contribution in [2.75, 3.05) is 69.7 Å². The third-order valence-corrected chi connectivity index (χ3v) is 9.95. The summed E-state index contributed by atoms with van der Waals surface area (Å²) in [6.07, 6.45) is 6.08. The second kappa shape index (κ2) is 11.3. The fraction of sp³-hybridized carbons (Fsp3) is 0.520. The summed E-state index contributed by atoms with van der Waals surface area (Å²) in [4.78, 5) is 9.89. The Morgan fingerprint density at radius 3 is 2.47 bits per heavy atom. The number of anilines is 1. The zero-order valence-electron chi connectivity index (χ0n) is 20.3. The summed E-state index contributed by atoms with van der Waals surface area (Å²) in [7, 11) is -3.51. The second-order valence-corrected chi connectivity index (χ2v) is 12.1. The minimum absolute atomic E-state index is 0.328. The largest absolute Gasteiger partial charge is 0.485 e. The van der Waals surface area contributed by atoms with Crippen LogP contribution in [0, 0.1) is 11.3 Å². The van der Waals surface area contributed by atoms with Gasteiger partial charge < -0.3 is 14.4 Å². The molecular formula is C25H31N5O4S2. The van der Waals surface area contributed by atoms with Crippen LogP contribution in [-0.2, 0) is 10.0 Å². The van der Waals surface area contributed by atoms with Gasteiger partial charge in [-0.05, 0) is 31.0 Å². The zero-order valence-corrected chi connectivity index (χ0v) is 21.9. The van der Waals surface area contributed by atoms with Crippen molar-refractivity contribution in [3.63, 3.8) is 0 Å². The van der Waals surface area contributed by atoms with E-state index in [4.69, 9.17) is 9.47 Å². The van der Waals surface area contributed by atoms with Gasteiger partial charge in [0.05, 0.1) is 11.3 Å². The Bertz CT molecular complexity index is 1220. The van der Waals surface area contributed by atoms with Gasteiger partial charge in [-0.2, -0.15) is 9.57 Å². The van der Waals surface area contributed by atoms with Crippen LogP contribution in [0.4, 0.5) is 5.69 Å². The Balaban J connectivity index is 1.17. The summed E-state index contributed by atoms with van der Waals surface area (Å²) in [5, 5.41) is 9.38. The van der Waals surface area contributed by atoms with Crippen LogP contribution >= 0.6 is 11.8 Å². The number of sulfonamides is 1. The average molecular weight is 530 g/mol. The van der Waals surface area contributed by atoms with Crippen LogP contribution in [0.5, 0.6) is 11.5 Å². The van der Waals surface area contributed by atoms with E-state index in [1.54, 1.807) is 28.3 Å². The molecule has 1 aromatic carbocycles. The Hall–Kier alpha value is -2.52. The molecule has 0 N–H and O–H groups in total. The van der Waals surface area contributed by atoms with Crippen molar-refractivity contribution >= 4 is 27.5 Å². The zero-order chi connectivity index (χ0) is 25.0. The highest BCUT2D eigenvalue weighted by Crippen LogP contribution is 2.42. The van der Waals surface area contributed by atoms with E-state index >= 15 is 0 Å². The highest BCUT2D eigenvalue weighted by Gasteiger charge is 2.29. The topological polar surface area (TPSA) is 99.0 Å². The first-order valence-corrected chi connectivity index (χ1v) is 14.9. The molecular weight excluding hydrogens is 498 g/mol. The van der Waals surface area contributed by atoms with Crippen molar-refractivity contribution in [1.29, 1.82) is 5.26 Å². The molecule has 11 heteroatoms. The molecule has 0 unspecified atom stereocenters. The molecule has 2 aromatic rings. The van der Waals surface area contributed by atoms with Crippen LogP contribution < -0.4 is 14.4 Å². The van der Waals surface area contributed by atoms with Gasteiger partial charge in [0.1, 0.15) is 24.2 Å². The maximum atomic E-state index is 13.2. The number of pyridine rings is 1. The highest BCUT2D eigenvalue weighted by molar-refractivity contribution is 8.00. The lowest BCUT2D eigenvalue weighted by atomic mass is 10.1. The Kier molecular flexibility index (Phi) is 7.86. The molecule has 1 aromatic heterocycles. The number of nitrogens with zero attached hydrogens (tertiary/aromatic N) is 5. The van der Waals surface area contributed by atoms with E-state index in [0.29, 0.717) is 48.3 Å². The summed E-state index contributed by atoms with van der Waals surface area (Å²) in [6.45, 7) is 6.46. The smallest absolute Gasteiger partial charge is 0.245 e.